The average Bonchev–Trinajstić information content (AvgIpc) is 2.93. The predicted octanol–water partition coefficient (Wildman–Crippen LogP) is 3.95. The van der Waals surface area contributed by atoms with E-state index in [0.29, 0.717) is 11.6 Å². The van der Waals surface area contributed by atoms with Crippen LogP contribution in [0.25, 0.3) is 0 Å². The van der Waals surface area contributed by atoms with Crippen LogP contribution < -0.4 is 5.32 Å². The second-order valence-corrected chi connectivity index (χ2v) is 6.78. The van der Waals surface area contributed by atoms with Crippen molar-refractivity contribution in [2.75, 3.05) is 11.1 Å². The number of amides is 1. The van der Waals surface area contributed by atoms with E-state index in [1.807, 2.05) is 43.3 Å². The quantitative estimate of drug-likeness (QED) is 0.477. The topological polar surface area (TPSA) is 54.9 Å². The first kappa shape index (κ1) is 15.7. The Morgan fingerprint density at radius 2 is 2.19 bits per heavy atom. The summed E-state index contributed by atoms with van der Waals surface area (Å²) >= 11 is 2.94. The Bertz CT molecular complexity index is 598. The second kappa shape index (κ2) is 7.95. The Hall–Kier alpha value is -1.66. The van der Waals surface area contributed by atoms with Gasteiger partial charge in [0, 0.05) is 12.2 Å². The van der Waals surface area contributed by atoms with Crippen molar-refractivity contribution in [3.63, 3.8) is 0 Å². The number of carbonyl (C=O) groups is 1. The number of hydrogen-bond donors (Lipinski definition) is 1. The molecule has 0 bridgehead atoms. The Morgan fingerprint density at radius 1 is 1.43 bits per heavy atom. The number of aromatic nitrogens is 2. The van der Waals surface area contributed by atoms with Crippen molar-refractivity contribution >= 4 is 34.1 Å². The molecule has 0 fully saturated rings. The summed E-state index contributed by atoms with van der Waals surface area (Å²) in [5, 5.41) is 11.3. The Balaban J connectivity index is 1.86. The fourth-order valence-corrected chi connectivity index (χ4v) is 3.33. The van der Waals surface area contributed by atoms with Gasteiger partial charge >= 0.3 is 0 Å². The maximum Gasteiger partial charge on any atom is 0.226 e. The van der Waals surface area contributed by atoms with Gasteiger partial charge in [0.2, 0.25) is 11.0 Å². The number of nitrogens with one attached hydrogen (secondary N) is 1. The first-order valence-electron chi connectivity index (χ1n) is 6.61. The van der Waals surface area contributed by atoms with Gasteiger partial charge in [-0.2, -0.15) is 0 Å². The van der Waals surface area contributed by atoms with Gasteiger partial charge in [-0.05, 0) is 11.5 Å². The fourth-order valence-electron chi connectivity index (χ4n) is 1.80. The van der Waals surface area contributed by atoms with Gasteiger partial charge in [0.05, 0.1) is 0 Å². The zero-order chi connectivity index (χ0) is 15.1. The molecular weight excluding hydrogens is 302 g/mol. The molecule has 1 aromatic carbocycles. The Kier molecular flexibility index (Phi) is 5.95. The third-order valence-corrected chi connectivity index (χ3v) is 4.81. The second-order valence-electron chi connectivity index (χ2n) is 4.54. The van der Waals surface area contributed by atoms with Gasteiger partial charge in [-0.3, -0.25) is 4.79 Å². The zero-order valence-corrected chi connectivity index (χ0v) is 13.4. The van der Waals surface area contributed by atoms with Crippen LogP contribution in [-0.4, -0.2) is 21.9 Å². The van der Waals surface area contributed by atoms with Gasteiger partial charge in [0.25, 0.3) is 0 Å². The van der Waals surface area contributed by atoms with Crippen LogP contribution in [0.15, 0.2) is 47.3 Å². The molecule has 110 valence electrons. The molecule has 1 amide bonds. The highest BCUT2D eigenvalue weighted by atomic mass is 32.2. The molecule has 0 saturated heterocycles. The number of nitrogens with zero attached hydrogens (tertiary/aromatic N) is 2. The van der Waals surface area contributed by atoms with Crippen LogP contribution in [0.2, 0.25) is 0 Å². The van der Waals surface area contributed by atoms with E-state index in [1.165, 1.54) is 11.3 Å². The van der Waals surface area contributed by atoms with E-state index in [0.717, 1.165) is 15.7 Å². The SMILES string of the molecule is C=CCSc1nnc(NC(=O)CC(C)c2ccccc2)s1. The summed E-state index contributed by atoms with van der Waals surface area (Å²) in [6.07, 6.45) is 2.24. The Labute approximate surface area is 132 Å². The van der Waals surface area contributed by atoms with Gasteiger partial charge in [0.1, 0.15) is 0 Å². The summed E-state index contributed by atoms with van der Waals surface area (Å²) in [6, 6.07) is 10.0. The molecule has 1 N–H and O–H groups in total. The molecule has 0 aliphatic heterocycles. The highest BCUT2D eigenvalue weighted by Gasteiger charge is 2.13. The lowest BCUT2D eigenvalue weighted by molar-refractivity contribution is -0.116. The van der Waals surface area contributed by atoms with Crippen molar-refractivity contribution in [2.45, 2.75) is 23.6 Å². The lowest BCUT2D eigenvalue weighted by Gasteiger charge is -2.10. The molecule has 6 heteroatoms. The van der Waals surface area contributed by atoms with Crippen LogP contribution in [0.1, 0.15) is 24.8 Å². The third kappa shape index (κ3) is 4.99. The lowest BCUT2D eigenvalue weighted by atomic mass is 9.98. The van der Waals surface area contributed by atoms with Crippen LogP contribution in [0.3, 0.4) is 0 Å². The number of thioether (sulfide) groups is 1. The Morgan fingerprint density at radius 3 is 2.90 bits per heavy atom. The fraction of sp³-hybridized carbons (Fsp3) is 0.267. The van der Waals surface area contributed by atoms with E-state index in [-0.39, 0.29) is 11.8 Å². The molecule has 0 aliphatic carbocycles. The van der Waals surface area contributed by atoms with Crippen molar-refractivity contribution in [2.24, 2.45) is 0 Å². The minimum Gasteiger partial charge on any atom is -0.300 e. The number of benzene rings is 1. The largest absolute Gasteiger partial charge is 0.300 e. The molecule has 0 spiro atoms. The van der Waals surface area contributed by atoms with Crippen molar-refractivity contribution < 1.29 is 4.79 Å². The zero-order valence-electron chi connectivity index (χ0n) is 11.8. The monoisotopic (exact) mass is 319 g/mol. The molecule has 2 aromatic rings. The number of rotatable bonds is 7. The van der Waals surface area contributed by atoms with Gasteiger partial charge in [-0.15, -0.1) is 16.8 Å². The van der Waals surface area contributed by atoms with Crippen molar-refractivity contribution in [1.29, 1.82) is 0 Å². The van der Waals surface area contributed by atoms with Crippen LogP contribution in [0.4, 0.5) is 5.13 Å². The van der Waals surface area contributed by atoms with E-state index >= 15 is 0 Å². The molecule has 4 nitrogen and oxygen atoms in total. The van der Waals surface area contributed by atoms with Gasteiger partial charge in [-0.1, -0.05) is 66.4 Å². The highest BCUT2D eigenvalue weighted by Crippen LogP contribution is 2.26. The van der Waals surface area contributed by atoms with E-state index < -0.39 is 0 Å². The van der Waals surface area contributed by atoms with Crippen LogP contribution in [0, 0.1) is 0 Å². The molecule has 1 atom stereocenters. The number of carbonyl (C=O) groups excluding carboxylic acids is 1. The molecule has 0 saturated carbocycles. The van der Waals surface area contributed by atoms with Crippen LogP contribution in [0.5, 0.6) is 0 Å². The van der Waals surface area contributed by atoms with E-state index in [1.54, 1.807) is 11.8 Å². The van der Waals surface area contributed by atoms with Crippen molar-refractivity contribution in [3.05, 3.63) is 48.6 Å². The molecular formula is C15H17N3OS2. The van der Waals surface area contributed by atoms with E-state index in [2.05, 4.69) is 22.1 Å². The van der Waals surface area contributed by atoms with Crippen molar-refractivity contribution in [3.8, 4) is 0 Å². The minimum atomic E-state index is -0.0391. The summed E-state index contributed by atoms with van der Waals surface area (Å²) in [5.74, 6) is 0.921. The third-order valence-electron chi connectivity index (χ3n) is 2.84. The first-order chi connectivity index (χ1) is 10.2. The molecule has 1 unspecified atom stereocenters. The molecule has 21 heavy (non-hydrogen) atoms. The summed E-state index contributed by atoms with van der Waals surface area (Å²) in [5.41, 5.74) is 1.16. The summed E-state index contributed by atoms with van der Waals surface area (Å²) in [6.45, 7) is 5.70. The van der Waals surface area contributed by atoms with Crippen LogP contribution in [-0.2, 0) is 4.79 Å². The normalized spacial score (nSPS) is 11.9. The summed E-state index contributed by atoms with van der Waals surface area (Å²) < 4.78 is 0.835. The van der Waals surface area contributed by atoms with Gasteiger partial charge in [0.15, 0.2) is 4.34 Å². The molecule has 2 rings (SSSR count). The molecule has 1 aromatic heterocycles. The molecule has 0 radical (unpaired) electrons. The van der Waals surface area contributed by atoms with E-state index in [9.17, 15) is 4.79 Å². The lowest BCUT2D eigenvalue weighted by Crippen LogP contribution is -2.14. The smallest absolute Gasteiger partial charge is 0.226 e. The standard InChI is InChI=1S/C15H17N3OS2/c1-3-9-20-15-18-17-14(21-15)16-13(19)10-11(2)12-7-5-4-6-8-12/h3-8,11H,1,9-10H2,2H3,(H,16,17,19). The van der Waals surface area contributed by atoms with Crippen LogP contribution >= 0.6 is 23.1 Å². The van der Waals surface area contributed by atoms with Gasteiger partial charge < -0.3 is 5.32 Å². The number of anilines is 1. The summed E-state index contributed by atoms with van der Waals surface area (Å²) in [7, 11) is 0. The maximum atomic E-state index is 12.0. The first-order valence-corrected chi connectivity index (χ1v) is 8.41. The van der Waals surface area contributed by atoms with Gasteiger partial charge in [-0.25, -0.2) is 0 Å². The maximum absolute atomic E-state index is 12.0. The predicted molar refractivity (Wildman–Crippen MR) is 88.9 cm³/mol. The molecule has 0 aliphatic rings. The molecule has 1 heterocycles. The van der Waals surface area contributed by atoms with Crippen molar-refractivity contribution in [1.82, 2.24) is 10.2 Å². The average molecular weight is 319 g/mol. The minimum absolute atomic E-state index is 0.0391. The number of hydrogen-bond acceptors (Lipinski definition) is 5. The highest BCUT2D eigenvalue weighted by molar-refractivity contribution is 8.01. The summed E-state index contributed by atoms with van der Waals surface area (Å²) in [4.78, 5) is 12.0. The van der Waals surface area contributed by atoms with E-state index in [4.69, 9.17) is 0 Å².